The van der Waals surface area contributed by atoms with Gasteiger partial charge in [0.1, 0.15) is 18.0 Å². The molecule has 7 nitrogen and oxygen atoms in total. The molecule has 0 aromatic carbocycles. The van der Waals surface area contributed by atoms with Crippen molar-refractivity contribution in [1.29, 1.82) is 0 Å². The van der Waals surface area contributed by atoms with Gasteiger partial charge >= 0.3 is 0 Å². The lowest BCUT2D eigenvalue weighted by Crippen LogP contribution is -2.47. The van der Waals surface area contributed by atoms with Gasteiger partial charge in [-0.2, -0.15) is 5.10 Å². The van der Waals surface area contributed by atoms with Gasteiger partial charge in [-0.15, -0.1) is 11.3 Å². The average Bonchev–Trinajstić information content (AvgIpc) is 3.40. The maximum Gasteiger partial charge on any atom is 0.158 e. The van der Waals surface area contributed by atoms with Crippen molar-refractivity contribution in [2.24, 2.45) is 0 Å². The van der Waals surface area contributed by atoms with Gasteiger partial charge in [-0.05, 0) is 23.6 Å². The van der Waals surface area contributed by atoms with Crippen molar-refractivity contribution in [2.75, 3.05) is 36.0 Å². The van der Waals surface area contributed by atoms with E-state index >= 15 is 0 Å². The van der Waals surface area contributed by atoms with Gasteiger partial charge in [0.25, 0.3) is 0 Å². The molecule has 0 unspecified atom stereocenters. The fraction of sp³-hybridized carbons (Fsp3) is 0.222. The summed E-state index contributed by atoms with van der Waals surface area (Å²) in [6, 6.07) is 8.12. The van der Waals surface area contributed by atoms with Gasteiger partial charge in [0.05, 0.1) is 0 Å². The Morgan fingerprint density at radius 3 is 2.58 bits per heavy atom. The molecule has 26 heavy (non-hydrogen) atoms. The molecule has 130 valence electrons. The minimum Gasteiger partial charge on any atom is -0.353 e. The van der Waals surface area contributed by atoms with Crippen molar-refractivity contribution in [1.82, 2.24) is 24.7 Å². The van der Waals surface area contributed by atoms with Gasteiger partial charge in [0.15, 0.2) is 5.82 Å². The van der Waals surface area contributed by atoms with E-state index in [0.29, 0.717) is 0 Å². The van der Waals surface area contributed by atoms with Crippen LogP contribution in [-0.4, -0.2) is 50.9 Å². The highest BCUT2D eigenvalue weighted by molar-refractivity contribution is 7.17. The monoisotopic (exact) mass is 363 g/mol. The van der Waals surface area contributed by atoms with E-state index in [9.17, 15) is 0 Å². The lowest BCUT2D eigenvalue weighted by molar-refractivity contribution is 0.642. The van der Waals surface area contributed by atoms with Gasteiger partial charge < -0.3 is 9.80 Å². The first-order valence-corrected chi connectivity index (χ1v) is 9.41. The zero-order valence-electron chi connectivity index (χ0n) is 14.1. The first kappa shape index (κ1) is 15.3. The van der Waals surface area contributed by atoms with Crippen LogP contribution in [0.1, 0.15) is 0 Å². The van der Waals surface area contributed by atoms with Crippen LogP contribution in [0.3, 0.4) is 0 Å². The normalized spacial score (nSPS) is 14.9. The Labute approximate surface area is 154 Å². The second-order valence-corrected chi connectivity index (χ2v) is 7.07. The third-order valence-corrected chi connectivity index (χ3v) is 5.52. The third-order valence-electron chi connectivity index (χ3n) is 4.64. The second-order valence-electron chi connectivity index (χ2n) is 6.13. The summed E-state index contributed by atoms with van der Waals surface area (Å²) in [5.74, 6) is 2.81. The zero-order chi connectivity index (χ0) is 17.3. The topological polar surface area (TPSA) is 63.0 Å². The number of fused-ring (bicyclic) bond motifs is 1. The van der Waals surface area contributed by atoms with Gasteiger partial charge in [-0.3, -0.25) is 0 Å². The van der Waals surface area contributed by atoms with Gasteiger partial charge in [-0.1, -0.05) is 0 Å². The van der Waals surface area contributed by atoms with Crippen LogP contribution >= 0.6 is 11.3 Å². The van der Waals surface area contributed by atoms with E-state index in [1.54, 1.807) is 28.5 Å². The van der Waals surface area contributed by atoms with E-state index in [0.717, 1.165) is 43.6 Å². The van der Waals surface area contributed by atoms with Crippen LogP contribution in [0.15, 0.2) is 54.6 Å². The van der Waals surface area contributed by atoms with Crippen LogP contribution in [0.2, 0.25) is 0 Å². The molecule has 8 heteroatoms. The minimum atomic E-state index is 0.784. The summed E-state index contributed by atoms with van der Waals surface area (Å²) in [5.41, 5.74) is 0. The Morgan fingerprint density at radius 2 is 1.73 bits per heavy atom. The molecule has 1 fully saturated rings. The molecule has 0 spiro atoms. The molecule has 5 rings (SSSR count). The molecule has 4 aromatic heterocycles. The molecule has 0 aliphatic carbocycles. The Balaban J connectivity index is 1.35. The third kappa shape index (κ3) is 2.68. The second kappa shape index (κ2) is 6.38. The van der Waals surface area contributed by atoms with Crippen molar-refractivity contribution in [2.45, 2.75) is 0 Å². The summed E-state index contributed by atoms with van der Waals surface area (Å²) in [7, 11) is 0. The molecule has 0 saturated carbocycles. The van der Waals surface area contributed by atoms with Gasteiger partial charge in [0, 0.05) is 60.9 Å². The number of pyridine rings is 1. The Hall–Kier alpha value is -3.00. The Kier molecular flexibility index (Phi) is 3.75. The van der Waals surface area contributed by atoms with E-state index in [1.807, 2.05) is 24.5 Å². The molecular weight excluding hydrogens is 346 g/mol. The molecule has 1 aliphatic heterocycles. The molecule has 5 heterocycles. The van der Waals surface area contributed by atoms with Crippen LogP contribution < -0.4 is 9.80 Å². The number of anilines is 2. The maximum absolute atomic E-state index is 4.63. The number of hydrogen-bond donors (Lipinski definition) is 0. The van der Waals surface area contributed by atoms with Crippen molar-refractivity contribution in [3.8, 4) is 5.82 Å². The fourth-order valence-corrected chi connectivity index (χ4v) is 4.10. The number of rotatable bonds is 3. The van der Waals surface area contributed by atoms with Crippen LogP contribution in [-0.2, 0) is 0 Å². The first-order valence-electron chi connectivity index (χ1n) is 8.53. The summed E-state index contributed by atoms with van der Waals surface area (Å²) in [6.07, 6.45) is 7.14. The van der Waals surface area contributed by atoms with E-state index in [-0.39, 0.29) is 0 Å². The Morgan fingerprint density at radius 1 is 0.885 bits per heavy atom. The largest absolute Gasteiger partial charge is 0.353 e. The van der Waals surface area contributed by atoms with E-state index in [4.69, 9.17) is 0 Å². The van der Waals surface area contributed by atoms with E-state index in [2.05, 4.69) is 47.4 Å². The highest BCUT2D eigenvalue weighted by Gasteiger charge is 2.21. The molecule has 1 aliphatic rings. The SMILES string of the molecule is c1cnn(-c2cc(N3CCN(c4nccc5sccc45)CC3)ncn2)c1. The number of thiophene rings is 1. The predicted octanol–water partition coefficient (Wildman–Crippen LogP) is 2.60. The molecule has 0 bridgehead atoms. The summed E-state index contributed by atoms with van der Waals surface area (Å²) >= 11 is 1.76. The summed E-state index contributed by atoms with van der Waals surface area (Å²) < 4.78 is 3.04. The standard InChI is InChI=1S/C18H17N7S/c1-4-22-25(6-1)17-12-16(20-13-21-17)23-7-9-24(10-8-23)18-14-3-11-26-15(14)2-5-19-18/h1-6,11-13H,7-10H2. The average molecular weight is 363 g/mol. The lowest BCUT2D eigenvalue weighted by Gasteiger charge is -2.36. The first-order chi connectivity index (χ1) is 12.9. The highest BCUT2D eigenvalue weighted by Crippen LogP contribution is 2.29. The van der Waals surface area contributed by atoms with Crippen LogP contribution in [0.25, 0.3) is 15.9 Å². The lowest BCUT2D eigenvalue weighted by atomic mass is 10.2. The quantitative estimate of drug-likeness (QED) is 0.558. The van der Waals surface area contributed by atoms with E-state index in [1.165, 1.54) is 10.1 Å². The van der Waals surface area contributed by atoms with Gasteiger partial charge in [0.2, 0.25) is 0 Å². The smallest absolute Gasteiger partial charge is 0.158 e. The zero-order valence-corrected chi connectivity index (χ0v) is 14.9. The number of hydrogen-bond acceptors (Lipinski definition) is 7. The van der Waals surface area contributed by atoms with Crippen molar-refractivity contribution < 1.29 is 0 Å². The van der Waals surface area contributed by atoms with Crippen LogP contribution in [0, 0.1) is 0 Å². The van der Waals surface area contributed by atoms with Crippen molar-refractivity contribution >= 4 is 33.1 Å². The minimum absolute atomic E-state index is 0.784. The van der Waals surface area contributed by atoms with Crippen molar-refractivity contribution in [3.63, 3.8) is 0 Å². The van der Waals surface area contributed by atoms with Crippen LogP contribution in [0.5, 0.6) is 0 Å². The van der Waals surface area contributed by atoms with Crippen molar-refractivity contribution in [3.05, 3.63) is 54.6 Å². The predicted molar refractivity (Wildman–Crippen MR) is 103 cm³/mol. The molecule has 1 saturated heterocycles. The maximum atomic E-state index is 4.63. The molecule has 0 radical (unpaired) electrons. The summed E-state index contributed by atoms with van der Waals surface area (Å²) in [4.78, 5) is 18.0. The number of aromatic nitrogens is 5. The molecule has 0 atom stereocenters. The summed E-state index contributed by atoms with van der Waals surface area (Å²) in [5, 5.41) is 7.61. The number of nitrogens with zero attached hydrogens (tertiary/aromatic N) is 7. The molecule has 4 aromatic rings. The van der Waals surface area contributed by atoms with Gasteiger partial charge in [-0.25, -0.2) is 19.6 Å². The number of piperazine rings is 1. The van der Waals surface area contributed by atoms with E-state index < -0.39 is 0 Å². The highest BCUT2D eigenvalue weighted by atomic mass is 32.1. The Bertz CT molecular complexity index is 1020. The molecule has 0 N–H and O–H groups in total. The summed E-state index contributed by atoms with van der Waals surface area (Å²) in [6.45, 7) is 3.64. The molecular formula is C18H17N7S. The van der Waals surface area contributed by atoms with Crippen LogP contribution in [0.4, 0.5) is 11.6 Å². The molecule has 0 amide bonds. The fourth-order valence-electron chi connectivity index (χ4n) is 3.32.